The lowest BCUT2D eigenvalue weighted by molar-refractivity contribution is 0.360. The Morgan fingerprint density at radius 2 is 0.903 bits per heavy atom. The van der Waals surface area contributed by atoms with E-state index in [0.717, 1.165) is 11.1 Å². The molecule has 4 rings (SSSR count). The van der Waals surface area contributed by atoms with Crippen LogP contribution in [0.15, 0.2) is 58.3 Å². The summed E-state index contributed by atoms with van der Waals surface area (Å²) in [5, 5.41) is 6.31. The maximum Gasteiger partial charge on any atom is 0.243 e. The van der Waals surface area contributed by atoms with Gasteiger partial charge < -0.3 is 10.6 Å². The standard InChI is InChI=1S/C21H28N4O4S2/c26-30(27,24-13-9-22-10-14-24)20-5-1-18(2-6-20)17-19-3-7-21(8-4-19)31(28,29)25-15-11-23-12-16-25/h1-8,22-23H,9-17H2. The van der Waals surface area contributed by atoms with Crippen molar-refractivity contribution in [1.29, 1.82) is 0 Å². The molecule has 2 N–H and O–H groups in total. The number of piperazine rings is 2. The van der Waals surface area contributed by atoms with Crippen LogP contribution in [0.25, 0.3) is 0 Å². The van der Waals surface area contributed by atoms with Gasteiger partial charge in [-0.3, -0.25) is 0 Å². The topological polar surface area (TPSA) is 98.8 Å². The molecular weight excluding hydrogens is 436 g/mol. The van der Waals surface area contributed by atoms with Crippen molar-refractivity contribution in [3.63, 3.8) is 0 Å². The van der Waals surface area contributed by atoms with Gasteiger partial charge in [0, 0.05) is 52.4 Å². The number of hydrogen-bond acceptors (Lipinski definition) is 6. The van der Waals surface area contributed by atoms with Crippen molar-refractivity contribution in [2.75, 3.05) is 52.4 Å². The summed E-state index contributed by atoms with van der Waals surface area (Å²) in [7, 11) is -6.93. The van der Waals surface area contributed by atoms with E-state index in [1.54, 1.807) is 24.3 Å². The molecule has 0 spiro atoms. The first-order valence-corrected chi connectivity index (χ1v) is 13.3. The van der Waals surface area contributed by atoms with Gasteiger partial charge in [0.05, 0.1) is 9.79 Å². The second-order valence-corrected chi connectivity index (χ2v) is 11.6. The Hall–Kier alpha value is -1.82. The van der Waals surface area contributed by atoms with Gasteiger partial charge in [-0.1, -0.05) is 24.3 Å². The van der Waals surface area contributed by atoms with Crippen LogP contribution in [-0.4, -0.2) is 77.8 Å². The van der Waals surface area contributed by atoms with Crippen molar-refractivity contribution < 1.29 is 16.8 Å². The Bertz CT molecular complexity index is 1000. The normalized spacial score (nSPS) is 19.4. The summed E-state index contributed by atoms with van der Waals surface area (Å²) < 4.78 is 54.0. The van der Waals surface area contributed by atoms with E-state index < -0.39 is 20.0 Å². The number of hydrogen-bond donors (Lipinski definition) is 2. The number of nitrogens with one attached hydrogen (secondary N) is 2. The van der Waals surface area contributed by atoms with E-state index in [0.29, 0.717) is 68.6 Å². The summed E-state index contributed by atoms with van der Waals surface area (Å²) in [6.07, 6.45) is 0.599. The van der Waals surface area contributed by atoms with Crippen LogP contribution >= 0.6 is 0 Å². The molecule has 0 aliphatic carbocycles. The quantitative estimate of drug-likeness (QED) is 0.645. The number of benzene rings is 2. The molecule has 0 saturated carbocycles. The Labute approximate surface area is 184 Å². The smallest absolute Gasteiger partial charge is 0.243 e. The van der Waals surface area contributed by atoms with E-state index in [1.165, 1.54) is 8.61 Å². The highest BCUT2D eigenvalue weighted by Gasteiger charge is 2.26. The van der Waals surface area contributed by atoms with E-state index in [2.05, 4.69) is 10.6 Å². The minimum absolute atomic E-state index is 0.301. The Kier molecular flexibility index (Phi) is 6.75. The predicted octanol–water partition coefficient (Wildman–Crippen LogP) is 0.465. The van der Waals surface area contributed by atoms with Crippen LogP contribution in [0.3, 0.4) is 0 Å². The molecule has 0 unspecified atom stereocenters. The van der Waals surface area contributed by atoms with Crippen molar-refractivity contribution in [1.82, 2.24) is 19.2 Å². The molecule has 2 saturated heterocycles. The lowest BCUT2D eigenvalue weighted by Gasteiger charge is -2.26. The highest BCUT2D eigenvalue weighted by atomic mass is 32.2. The minimum atomic E-state index is -3.47. The third kappa shape index (κ3) is 5.00. The highest BCUT2D eigenvalue weighted by molar-refractivity contribution is 7.89. The molecule has 10 heteroatoms. The van der Waals surface area contributed by atoms with Crippen LogP contribution < -0.4 is 10.6 Å². The van der Waals surface area contributed by atoms with Crippen molar-refractivity contribution in [2.45, 2.75) is 16.2 Å². The Morgan fingerprint density at radius 1 is 0.581 bits per heavy atom. The zero-order valence-corrected chi connectivity index (χ0v) is 19.0. The molecule has 31 heavy (non-hydrogen) atoms. The van der Waals surface area contributed by atoms with Gasteiger partial charge in [0.1, 0.15) is 0 Å². The molecule has 0 amide bonds. The largest absolute Gasteiger partial charge is 0.314 e. The van der Waals surface area contributed by atoms with Crippen LogP contribution in [0.4, 0.5) is 0 Å². The molecule has 2 aromatic carbocycles. The van der Waals surface area contributed by atoms with Crippen molar-refractivity contribution in [2.24, 2.45) is 0 Å². The summed E-state index contributed by atoms with van der Waals surface area (Å²) >= 11 is 0. The summed E-state index contributed by atoms with van der Waals surface area (Å²) in [4.78, 5) is 0.603. The van der Waals surface area contributed by atoms with Crippen molar-refractivity contribution >= 4 is 20.0 Å². The molecule has 168 valence electrons. The fourth-order valence-electron chi connectivity index (χ4n) is 3.86. The van der Waals surface area contributed by atoms with E-state index in [9.17, 15) is 16.8 Å². The maximum atomic E-state index is 12.8. The molecule has 2 fully saturated rings. The monoisotopic (exact) mass is 464 g/mol. The number of rotatable bonds is 6. The van der Waals surface area contributed by atoms with Gasteiger partial charge in [-0.15, -0.1) is 0 Å². The van der Waals surface area contributed by atoms with Crippen LogP contribution in [0, 0.1) is 0 Å². The zero-order chi connectivity index (χ0) is 21.9. The predicted molar refractivity (Wildman–Crippen MR) is 119 cm³/mol. The van der Waals surface area contributed by atoms with Gasteiger partial charge in [-0.05, 0) is 41.8 Å². The first-order valence-electron chi connectivity index (χ1n) is 10.5. The van der Waals surface area contributed by atoms with Crippen LogP contribution in [0.1, 0.15) is 11.1 Å². The summed E-state index contributed by atoms with van der Waals surface area (Å²) in [6.45, 7) is 4.58. The fourth-order valence-corrected chi connectivity index (χ4v) is 6.74. The van der Waals surface area contributed by atoms with E-state index in [-0.39, 0.29) is 0 Å². The zero-order valence-electron chi connectivity index (χ0n) is 17.3. The molecular formula is C21H28N4O4S2. The lowest BCUT2D eigenvalue weighted by atomic mass is 10.1. The molecule has 0 aromatic heterocycles. The average Bonchev–Trinajstić information content (AvgIpc) is 2.81. The van der Waals surface area contributed by atoms with Gasteiger partial charge >= 0.3 is 0 Å². The Morgan fingerprint density at radius 3 is 1.23 bits per heavy atom. The second kappa shape index (κ2) is 9.35. The molecule has 0 bridgehead atoms. The molecule has 0 radical (unpaired) electrons. The molecule has 2 heterocycles. The maximum absolute atomic E-state index is 12.8. The summed E-state index contributed by atoms with van der Waals surface area (Å²) in [5.74, 6) is 0. The van der Waals surface area contributed by atoms with E-state index in [4.69, 9.17) is 0 Å². The van der Waals surface area contributed by atoms with E-state index >= 15 is 0 Å². The van der Waals surface area contributed by atoms with Crippen LogP contribution in [0.5, 0.6) is 0 Å². The second-order valence-electron chi connectivity index (χ2n) is 7.77. The minimum Gasteiger partial charge on any atom is -0.314 e. The molecule has 2 aromatic rings. The summed E-state index contributed by atoms with van der Waals surface area (Å²) in [6, 6.07) is 13.9. The van der Waals surface area contributed by atoms with Gasteiger partial charge in [0.15, 0.2) is 0 Å². The van der Waals surface area contributed by atoms with Gasteiger partial charge in [0.2, 0.25) is 20.0 Å². The molecule has 8 nitrogen and oxygen atoms in total. The third-order valence-corrected chi connectivity index (χ3v) is 9.51. The number of sulfonamides is 2. The van der Waals surface area contributed by atoms with Gasteiger partial charge in [0.25, 0.3) is 0 Å². The highest BCUT2D eigenvalue weighted by Crippen LogP contribution is 2.21. The fraction of sp³-hybridized carbons (Fsp3) is 0.429. The van der Waals surface area contributed by atoms with Crippen LogP contribution in [-0.2, 0) is 26.5 Å². The lowest BCUT2D eigenvalue weighted by Crippen LogP contribution is -2.46. The van der Waals surface area contributed by atoms with Gasteiger partial charge in [-0.25, -0.2) is 16.8 Å². The molecule has 2 aliphatic heterocycles. The SMILES string of the molecule is O=S(=O)(c1ccc(Cc2ccc(S(=O)(=O)N3CCNCC3)cc2)cc1)N1CCNCC1. The van der Waals surface area contributed by atoms with Crippen LogP contribution in [0.2, 0.25) is 0 Å². The first kappa shape index (κ1) is 22.4. The van der Waals surface area contributed by atoms with Gasteiger partial charge in [-0.2, -0.15) is 8.61 Å². The average molecular weight is 465 g/mol. The third-order valence-electron chi connectivity index (χ3n) is 5.68. The van der Waals surface area contributed by atoms with Crippen molar-refractivity contribution in [3.05, 3.63) is 59.7 Å². The van der Waals surface area contributed by atoms with E-state index in [1.807, 2.05) is 24.3 Å². The molecule has 0 atom stereocenters. The molecule has 2 aliphatic rings. The first-order chi connectivity index (χ1) is 14.9. The Balaban J connectivity index is 1.43. The van der Waals surface area contributed by atoms with Crippen molar-refractivity contribution in [3.8, 4) is 0 Å². The summed E-state index contributed by atoms with van der Waals surface area (Å²) in [5.41, 5.74) is 1.94. The number of nitrogens with zero attached hydrogens (tertiary/aromatic N) is 2.